The SMILES string of the molecule is C=C(C)C(=O)Oc1cccc(C)c1-c1ccccc1. The van der Waals surface area contributed by atoms with Crippen molar-refractivity contribution < 1.29 is 9.53 Å². The van der Waals surface area contributed by atoms with Crippen LogP contribution >= 0.6 is 0 Å². The Morgan fingerprint density at radius 2 is 1.74 bits per heavy atom. The van der Waals surface area contributed by atoms with Gasteiger partial charge in [0.25, 0.3) is 0 Å². The van der Waals surface area contributed by atoms with Crippen LogP contribution in [0, 0.1) is 6.92 Å². The number of ether oxygens (including phenoxy) is 1. The molecule has 2 rings (SSSR count). The lowest BCUT2D eigenvalue weighted by atomic mass is 9.99. The van der Waals surface area contributed by atoms with Crippen LogP contribution < -0.4 is 4.74 Å². The summed E-state index contributed by atoms with van der Waals surface area (Å²) in [6.07, 6.45) is 0. The van der Waals surface area contributed by atoms with Gasteiger partial charge >= 0.3 is 5.97 Å². The molecule has 0 unspecified atom stereocenters. The molecule has 0 amide bonds. The second-order valence-electron chi connectivity index (χ2n) is 4.48. The van der Waals surface area contributed by atoms with Crippen molar-refractivity contribution in [3.63, 3.8) is 0 Å². The van der Waals surface area contributed by atoms with E-state index in [2.05, 4.69) is 6.58 Å². The average molecular weight is 252 g/mol. The number of hydrogen-bond donors (Lipinski definition) is 0. The molecule has 0 fully saturated rings. The van der Waals surface area contributed by atoms with E-state index in [1.165, 1.54) is 0 Å². The lowest BCUT2D eigenvalue weighted by Gasteiger charge is -2.12. The summed E-state index contributed by atoms with van der Waals surface area (Å²) in [7, 11) is 0. The van der Waals surface area contributed by atoms with Gasteiger partial charge in [-0.3, -0.25) is 0 Å². The van der Waals surface area contributed by atoms with Crippen LogP contribution in [-0.4, -0.2) is 5.97 Å². The highest BCUT2D eigenvalue weighted by Gasteiger charge is 2.13. The van der Waals surface area contributed by atoms with Gasteiger partial charge in [0, 0.05) is 11.1 Å². The highest BCUT2D eigenvalue weighted by Crippen LogP contribution is 2.33. The summed E-state index contributed by atoms with van der Waals surface area (Å²) in [5, 5.41) is 0. The number of benzene rings is 2. The maximum absolute atomic E-state index is 11.7. The molecule has 0 bridgehead atoms. The molecule has 0 aliphatic rings. The van der Waals surface area contributed by atoms with E-state index in [1.54, 1.807) is 13.0 Å². The molecule has 0 aromatic heterocycles. The third-order valence-corrected chi connectivity index (χ3v) is 2.85. The van der Waals surface area contributed by atoms with E-state index in [9.17, 15) is 4.79 Å². The van der Waals surface area contributed by atoms with Gasteiger partial charge in [0.1, 0.15) is 5.75 Å². The number of rotatable bonds is 3. The molecule has 96 valence electrons. The molecule has 2 aromatic rings. The van der Waals surface area contributed by atoms with Crippen molar-refractivity contribution in [2.45, 2.75) is 13.8 Å². The molecular weight excluding hydrogens is 236 g/mol. The maximum atomic E-state index is 11.7. The molecule has 0 atom stereocenters. The Kier molecular flexibility index (Phi) is 3.81. The zero-order valence-electron chi connectivity index (χ0n) is 11.1. The van der Waals surface area contributed by atoms with Crippen molar-refractivity contribution in [3.8, 4) is 16.9 Å². The predicted octanol–water partition coefficient (Wildman–Crippen LogP) is 4.14. The fraction of sp³-hybridized carbons (Fsp3) is 0.118. The van der Waals surface area contributed by atoms with E-state index >= 15 is 0 Å². The minimum atomic E-state index is -0.400. The average Bonchev–Trinajstić information content (AvgIpc) is 2.39. The second-order valence-corrected chi connectivity index (χ2v) is 4.48. The quantitative estimate of drug-likeness (QED) is 0.466. The number of carbonyl (C=O) groups excluding carboxylic acids is 1. The van der Waals surface area contributed by atoms with Crippen LogP contribution in [0.15, 0.2) is 60.7 Å². The van der Waals surface area contributed by atoms with Gasteiger partial charge in [0.15, 0.2) is 0 Å². The van der Waals surface area contributed by atoms with Gasteiger partial charge in [-0.1, -0.05) is 49.0 Å². The fourth-order valence-electron chi connectivity index (χ4n) is 1.89. The van der Waals surface area contributed by atoms with Crippen LogP contribution in [0.5, 0.6) is 5.75 Å². The first-order valence-electron chi connectivity index (χ1n) is 6.12. The molecule has 0 heterocycles. The highest BCUT2D eigenvalue weighted by molar-refractivity contribution is 5.90. The van der Waals surface area contributed by atoms with Gasteiger partial charge in [-0.2, -0.15) is 0 Å². The Balaban J connectivity index is 2.48. The van der Waals surface area contributed by atoms with Gasteiger partial charge in [-0.05, 0) is 31.0 Å². The molecule has 2 heteroatoms. The first-order chi connectivity index (χ1) is 9.09. The van der Waals surface area contributed by atoms with Crippen LogP contribution in [0.4, 0.5) is 0 Å². The van der Waals surface area contributed by atoms with E-state index in [-0.39, 0.29) is 0 Å². The molecule has 0 aliphatic carbocycles. The minimum Gasteiger partial charge on any atom is -0.423 e. The Morgan fingerprint density at radius 1 is 1.05 bits per heavy atom. The molecule has 0 saturated carbocycles. The Morgan fingerprint density at radius 3 is 2.37 bits per heavy atom. The summed E-state index contributed by atoms with van der Waals surface area (Å²) in [5.41, 5.74) is 3.43. The largest absolute Gasteiger partial charge is 0.423 e. The topological polar surface area (TPSA) is 26.3 Å². The van der Waals surface area contributed by atoms with Crippen molar-refractivity contribution in [2.75, 3.05) is 0 Å². The normalized spacial score (nSPS) is 10.0. The summed E-state index contributed by atoms with van der Waals surface area (Å²) in [4.78, 5) is 11.7. The summed E-state index contributed by atoms with van der Waals surface area (Å²) in [6, 6.07) is 15.6. The number of esters is 1. The zero-order valence-corrected chi connectivity index (χ0v) is 11.1. The van der Waals surface area contributed by atoms with Gasteiger partial charge < -0.3 is 4.74 Å². The van der Waals surface area contributed by atoms with Gasteiger partial charge in [-0.25, -0.2) is 4.79 Å². The number of aryl methyl sites for hydroxylation is 1. The summed E-state index contributed by atoms with van der Waals surface area (Å²) >= 11 is 0. The Hall–Kier alpha value is -2.35. The van der Waals surface area contributed by atoms with Crippen molar-refractivity contribution in [3.05, 3.63) is 66.2 Å². The summed E-state index contributed by atoms with van der Waals surface area (Å²) in [5.74, 6) is 0.169. The van der Waals surface area contributed by atoms with E-state index in [1.807, 2.05) is 49.4 Å². The van der Waals surface area contributed by atoms with Crippen LogP contribution in [-0.2, 0) is 4.79 Å². The lowest BCUT2D eigenvalue weighted by Crippen LogP contribution is -2.09. The summed E-state index contributed by atoms with van der Waals surface area (Å²) < 4.78 is 5.40. The molecular formula is C17H16O2. The third kappa shape index (κ3) is 2.91. The smallest absolute Gasteiger partial charge is 0.338 e. The number of carbonyl (C=O) groups is 1. The number of hydrogen-bond acceptors (Lipinski definition) is 2. The molecule has 0 saturated heterocycles. The minimum absolute atomic E-state index is 0.389. The first kappa shape index (κ1) is 13.1. The molecule has 0 radical (unpaired) electrons. The third-order valence-electron chi connectivity index (χ3n) is 2.85. The van der Waals surface area contributed by atoms with Crippen molar-refractivity contribution in [1.82, 2.24) is 0 Å². The lowest BCUT2D eigenvalue weighted by molar-refractivity contribution is -0.130. The molecule has 2 aromatic carbocycles. The van der Waals surface area contributed by atoms with E-state index in [4.69, 9.17) is 4.74 Å². The van der Waals surface area contributed by atoms with E-state index < -0.39 is 5.97 Å². The fourth-order valence-corrected chi connectivity index (χ4v) is 1.89. The van der Waals surface area contributed by atoms with Gasteiger partial charge in [-0.15, -0.1) is 0 Å². The molecule has 2 nitrogen and oxygen atoms in total. The van der Waals surface area contributed by atoms with Crippen LogP contribution in [0.25, 0.3) is 11.1 Å². The van der Waals surface area contributed by atoms with Gasteiger partial charge in [0.2, 0.25) is 0 Å². The van der Waals surface area contributed by atoms with Crippen LogP contribution in [0.1, 0.15) is 12.5 Å². The standard InChI is InChI=1S/C17H16O2/c1-12(2)17(18)19-15-11-7-8-13(3)16(15)14-9-5-4-6-10-14/h4-11H,1H2,2-3H3. The Bertz CT molecular complexity index is 612. The summed E-state index contributed by atoms with van der Waals surface area (Å²) in [6.45, 7) is 7.24. The monoisotopic (exact) mass is 252 g/mol. The second kappa shape index (κ2) is 5.53. The molecule has 0 N–H and O–H groups in total. The van der Waals surface area contributed by atoms with E-state index in [0.717, 1.165) is 16.7 Å². The van der Waals surface area contributed by atoms with Crippen molar-refractivity contribution >= 4 is 5.97 Å². The van der Waals surface area contributed by atoms with Gasteiger partial charge in [0.05, 0.1) is 0 Å². The van der Waals surface area contributed by atoms with Crippen LogP contribution in [0.2, 0.25) is 0 Å². The predicted molar refractivity (Wildman–Crippen MR) is 77.1 cm³/mol. The Labute approximate surface area is 113 Å². The van der Waals surface area contributed by atoms with E-state index in [0.29, 0.717) is 11.3 Å². The molecule has 0 aliphatic heterocycles. The first-order valence-corrected chi connectivity index (χ1v) is 6.12. The van der Waals surface area contributed by atoms with Crippen molar-refractivity contribution in [2.24, 2.45) is 0 Å². The highest BCUT2D eigenvalue weighted by atomic mass is 16.5. The van der Waals surface area contributed by atoms with Crippen LogP contribution in [0.3, 0.4) is 0 Å². The van der Waals surface area contributed by atoms with Crippen molar-refractivity contribution in [1.29, 1.82) is 0 Å². The molecule has 19 heavy (non-hydrogen) atoms. The maximum Gasteiger partial charge on any atom is 0.338 e. The zero-order chi connectivity index (χ0) is 13.8. The molecule has 0 spiro atoms.